The summed E-state index contributed by atoms with van der Waals surface area (Å²) in [5.74, 6) is 0.650. The van der Waals surface area contributed by atoms with Crippen LogP contribution in [0.5, 0.6) is 5.75 Å². The van der Waals surface area contributed by atoms with Crippen LogP contribution >= 0.6 is 15.9 Å². The molecule has 0 unspecified atom stereocenters. The van der Waals surface area contributed by atoms with Crippen molar-refractivity contribution in [3.8, 4) is 5.75 Å². The molecule has 0 N–H and O–H groups in total. The molecule has 0 aliphatic heterocycles. The van der Waals surface area contributed by atoms with E-state index in [2.05, 4.69) is 20.9 Å². The summed E-state index contributed by atoms with van der Waals surface area (Å²) in [4.78, 5) is 16.4. The number of Topliss-reactive ketones (excluding diaryl/α,β-unsaturated/α-hetero) is 1. The molecule has 0 aliphatic carbocycles. The Kier molecular flexibility index (Phi) is 4.90. The maximum atomic E-state index is 12.3. The smallest absolute Gasteiger partial charge is 0.168 e. The lowest BCUT2D eigenvalue weighted by molar-refractivity contribution is 0.0991. The van der Waals surface area contributed by atoms with Gasteiger partial charge in [0.05, 0.1) is 12.3 Å². The van der Waals surface area contributed by atoms with Gasteiger partial charge in [0.15, 0.2) is 5.78 Å². The van der Waals surface area contributed by atoms with Crippen molar-refractivity contribution in [3.05, 3.63) is 58.3 Å². The predicted octanol–water partition coefficient (Wildman–Crippen LogP) is 4.06. The van der Waals surface area contributed by atoms with Crippen LogP contribution in [0.1, 0.15) is 29.8 Å². The van der Waals surface area contributed by atoms with Crippen LogP contribution in [-0.2, 0) is 6.42 Å². The van der Waals surface area contributed by atoms with Gasteiger partial charge < -0.3 is 4.74 Å². The molecule has 4 heteroatoms. The van der Waals surface area contributed by atoms with Crippen molar-refractivity contribution >= 4 is 21.7 Å². The minimum atomic E-state index is 0.0265. The van der Waals surface area contributed by atoms with E-state index < -0.39 is 0 Å². The number of hydrogen-bond donors (Lipinski definition) is 0. The SMILES string of the molecule is CC(C)Oc1cncc(C(=O)Cc2ccccc2Br)c1. The molecule has 1 aromatic heterocycles. The van der Waals surface area contributed by atoms with Crippen LogP contribution in [0.2, 0.25) is 0 Å². The van der Waals surface area contributed by atoms with Gasteiger partial charge >= 0.3 is 0 Å². The molecule has 2 aromatic rings. The van der Waals surface area contributed by atoms with Gasteiger partial charge in [-0.15, -0.1) is 0 Å². The fraction of sp³-hybridized carbons (Fsp3) is 0.250. The fourth-order valence-electron chi connectivity index (χ4n) is 1.82. The predicted molar refractivity (Wildman–Crippen MR) is 82.2 cm³/mol. The standard InChI is InChI=1S/C16H16BrNO2/c1-11(2)20-14-7-13(9-18-10-14)16(19)8-12-5-3-4-6-15(12)17/h3-7,9-11H,8H2,1-2H3. The normalized spacial score (nSPS) is 10.6. The maximum Gasteiger partial charge on any atom is 0.168 e. The zero-order valence-corrected chi connectivity index (χ0v) is 13.1. The second-order valence-corrected chi connectivity index (χ2v) is 5.62. The van der Waals surface area contributed by atoms with Gasteiger partial charge in [0.1, 0.15) is 5.75 Å². The zero-order chi connectivity index (χ0) is 14.5. The molecule has 0 aliphatic rings. The van der Waals surface area contributed by atoms with Gasteiger partial charge in [0.2, 0.25) is 0 Å². The highest BCUT2D eigenvalue weighted by Gasteiger charge is 2.11. The van der Waals surface area contributed by atoms with Crippen LogP contribution in [0, 0.1) is 0 Å². The summed E-state index contributed by atoms with van der Waals surface area (Å²) < 4.78 is 6.50. The minimum Gasteiger partial charge on any atom is -0.489 e. The molecular formula is C16H16BrNO2. The number of rotatable bonds is 5. The molecule has 0 atom stereocenters. The number of halogens is 1. The number of nitrogens with zero attached hydrogens (tertiary/aromatic N) is 1. The summed E-state index contributed by atoms with van der Waals surface area (Å²) in [6.07, 6.45) is 3.60. The van der Waals surface area contributed by atoms with E-state index in [0.717, 1.165) is 10.0 Å². The first-order chi connectivity index (χ1) is 9.56. The number of pyridine rings is 1. The van der Waals surface area contributed by atoms with Crippen LogP contribution in [0.4, 0.5) is 0 Å². The molecule has 3 nitrogen and oxygen atoms in total. The number of hydrogen-bond acceptors (Lipinski definition) is 3. The highest BCUT2D eigenvalue weighted by Crippen LogP contribution is 2.19. The van der Waals surface area contributed by atoms with Gasteiger partial charge in [-0.2, -0.15) is 0 Å². The average Bonchev–Trinajstić information content (AvgIpc) is 2.41. The first-order valence-electron chi connectivity index (χ1n) is 6.44. The van der Waals surface area contributed by atoms with Gasteiger partial charge in [-0.25, -0.2) is 0 Å². The van der Waals surface area contributed by atoms with Crippen molar-refractivity contribution in [3.63, 3.8) is 0 Å². The van der Waals surface area contributed by atoms with Crippen LogP contribution in [0.3, 0.4) is 0 Å². The number of carbonyl (C=O) groups is 1. The van der Waals surface area contributed by atoms with Crippen molar-refractivity contribution in [1.82, 2.24) is 4.98 Å². The third kappa shape index (κ3) is 3.90. The molecule has 104 valence electrons. The summed E-state index contributed by atoms with van der Waals surface area (Å²) in [5, 5.41) is 0. The fourth-order valence-corrected chi connectivity index (χ4v) is 2.25. The van der Waals surface area contributed by atoms with Crippen molar-refractivity contribution < 1.29 is 9.53 Å². The number of benzene rings is 1. The number of ketones is 1. The lowest BCUT2D eigenvalue weighted by Crippen LogP contribution is -2.08. The Hall–Kier alpha value is -1.68. The van der Waals surface area contributed by atoms with E-state index in [-0.39, 0.29) is 11.9 Å². The largest absolute Gasteiger partial charge is 0.489 e. The molecule has 0 fully saturated rings. The molecule has 0 radical (unpaired) electrons. The minimum absolute atomic E-state index is 0.0265. The van der Waals surface area contributed by atoms with Crippen molar-refractivity contribution in [2.24, 2.45) is 0 Å². The number of carbonyl (C=O) groups excluding carboxylic acids is 1. The van der Waals surface area contributed by atoms with Gasteiger partial charge in [-0.05, 0) is 31.5 Å². The van der Waals surface area contributed by atoms with Crippen LogP contribution < -0.4 is 4.74 Å². The molecule has 20 heavy (non-hydrogen) atoms. The summed E-state index contributed by atoms with van der Waals surface area (Å²) in [6.45, 7) is 3.88. The highest BCUT2D eigenvalue weighted by atomic mass is 79.9. The molecule has 1 aromatic carbocycles. The first kappa shape index (κ1) is 14.7. The molecule has 0 amide bonds. The van der Waals surface area contributed by atoms with E-state index in [9.17, 15) is 4.79 Å². The molecule has 0 bridgehead atoms. The van der Waals surface area contributed by atoms with Gasteiger partial charge in [-0.1, -0.05) is 34.1 Å². The van der Waals surface area contributed by atoms with E-state index in [0.29, 0.717) is 17.7 Å². The molecule has 2 rings (SSSR count). The van der Waals surface area contributed by atoms with Crippen LogP contribution in [0.15, 0.2) is 47.2 Å². The van der Waals surface area contributed by atoms with Crippen molar-refractivity contribution in [2.45, 2.75) is 26.4 Å². The first-order valence-corrected chi connectivity index (χ1v) is 7.24. The lowest BCUT2D eigenvalue weighted by atomic mass is 10.0. The summed E-state index contributed by atoms with van der Waals surface area (Å²) in [6, 6.07) is 9.45. The van der Waals surface area contributed by atoms with E-state index >= 15 is 0 Å². The van der Waals surface area contributed by atoms with E-state index in [1.54, 1.807) is 18.5 Å². The number of aromatic nitrogens is 1. The number of ether oxygens (including phenoxy) is 1. The Balaban J connectivity index is 2.15. The molecule has 0 spiro atoms. The quantitative estimate of drug-likeness (QED) is 0.774. The Morgan fingerprint density at radius 1 is 1.30 bits per heavy atom. The highest BCUT2D eigenvalue weighted by molar-refractivity contribution is 9.10. The Morgan fingerprint density at radius 3 is 2.75 bits per heavy atom. The van der Waals surface area contributed by atoms with Gasteiger partial charge in [-0.3, -0.25) is 9.78 Å². The maximum absolute atomic E-state index is 12.3. The summed E-state index contributed by atoms with van der Waals surface area (Å²) >= 11 is 3.45. The third-order valence-electron chi connectivity index (χ3n) is 2.72. The molecule has 1 heterocycles. The van der Waals surface area contributed by atoms with E-state index in [1.807, 2.05) is 38.1 Å². The van der Waals surface area contributed by atoms with E-state index in [4.69, 9.17) is 4.74 Å². The monoisotopic (exact) mass is 333 g/mol. The van der Waals surface area contributed by atoms with Gasteiger partial charge in [0, 0.05) is 22.7 Å². The van der Waals surface area contributed by atoms with E-state index in [1.165, 1.54) is 0 Å². The second-order valence-electron chi connectivity index (χ2n) is 4.77. The Bertz CT molecular complexity index is 611. The third-order valence-corrected chi connectivity index (χ3v) is 3.49. The molecule has 0 saturated heterocycles. The van der Waals surface area contributed by atoms with Crippen molar-refractivity contribution in [2.75, 3.05) is 0 Å². The Labute approximate surface area is 127 Å². The molecular weight excluding hydrogens is 318 g/mol. The van der Waals surface area contributed by atoms with Crippen molar-refractivity contribution in [1.29, 1.82) is 0 Å². The summed E-state index contributed by atoms with van der Waals surface area (Å²) in [5.41, 5.74) is 1.53. The molecule has 0 saturated carbocycles. The zero-order valence-electron chi connectivity index (χ0n) is 11.5. The topological polar surface area (TPSA) is 39.2 Å². The average molecular weight is 334 g/mol. The second kappa shape index (κ2) is 6.66. The summed E-state index contributed by atoms with van der Waals surface area (Å²) in [7, 11) is 0. The Morgan fingerprint density at radius 2 is 2.05 bits per heavy atom. The van der Waals surface area contributed by atoms with Crippen LogP contribution in [0.25, 0.3) is 0 Å². The lowest BCUT2D eigenvalue weighted by Gasteiger charge is -2.10. The van der Waals surface area contributed by atoms with Gasteiger partial charge in [0.25, 0.3) is 0 Å². The van der Waals surface area contributed by atoms with Crippen LogP contribution in [-0.4, -0.2) is 16.9 Å².